The maximum Gasteiger partial charge on any atom is 0.246 e. The number of fused-ring (bicyclic) bond motifs is 2. The first-order chi connectivity index (χ1) is 16.0. The molecule has 0 atom stereocenters. The average molecular weight is 452 g/mol. The normalized spacial score (nSPS) is 13.0. The first kappa shape index (κ1) is 24.9. The molecule has 7 heteroatoms. The third-order valence-corrected chi connectivity index (χ3v) is 6.23. The van der Waals surface area contributed by atoms with Crippen LogP contribution in [0.4, 0.5) is 17.1 Å². The molecule has 0 fully saturated rings. The molecule has 0 saturated heterocycles. The van der Waals surface area contributed by atoms with Gasteiger partial charge in [-0.2, -0.15) is 0 Å². The number of anilines is 3. The van der Waals surface area contributed by atoms with Gasteiger partial charge in [0.25, 0.3) is 0 Å². The highest BCUT2D eigenvalue weighted by atomic mass is 16.2. The number of nitrogens with zero attached hydrogens (tertiary/aromatic N) is 3. The molecule has 33 heavy (non-hydrogen) atoms. The number of carbonyl (C=O) groups is 2. The van der Waals surface area contributed by atoms with Gasteiger partial charge >= 0.3 is 0 Å². The lowest BCUT2D eigenvalue weighted by atomic mass is 10.0. The predicted octanol–water partition coefficient (Wildman–Crippen LogP) is 3.58. The Bertz CT molecular complexity index is 953. The van der Waals surface area contributed by atoms with Crippen molar-refractivity contribution in [3.05, 3.63) is 53.6 Å². The van der Waals surface area contributed by atoms with Crippen LogP contribution in [0.3, 0.4) is 0 Å². The molecule has 0 unspecified atom stereocenters. The van der Waals surface area contributed by atoms with E-state index >= 15 is 0 Å². The predicted molar refractivity (Wildman–Crippen MR) is 135 cm³/mol. The van der Waals surface area contributed by atoms with Crippen LogP contribution in [0, 0.1) is 0 Å². The van der Waals surface area contributed by atoms with Gasteiger partial charge in [-0.15, -0.1) is 0 Å². The summed E-state index contributed by atoms with van der Waals surface area (Å²) in [6.45, 7) is 12.1. The van der Waals surface area contributed by atoms with E-state index in [1.165, 1.54) is 0 Å². The summed E-state index contributed by atoms with van der Waals surface area (Å²) < 4.78 is 0. The van der Waals surface area contributed by atoms with Gasteiger partial charge in [0, 0.05) is 18.8 Å². The van der Waals surface area contributed by atoms with Crippen LogP contribution >= 0.6 is 0 Å². The number of aryl methyl sites for hydroxylation is 2. The third-order valence-electron chi connectivity index (χ3n) is 6.23. The number of hydrogen-bond acceptors (Lipinski definition) is 5. The fourth-order valence-corrected chi connectivity index (χ4v) is 4.23. The summed E-state index contributed by atoms with van der Waals surface area (Å²) >= 11 is 0. The lowest BCUT2D eigenvalue weighted by Gasteiger charge is -2.27. The first-order valence-electron chi connectivity index (χ1n) is 12.0. The van der Waals surface area contributed by atoms with E-state index in [4.69, 9.17) is 0 Å². The SMILES string of the molecule is CCN(CC)CC(=O)Nc1ccc2c(c1)N(C(=O)CNN(CC)CC)c1ccccc1CC2. The minimum absolute atomic E-state index is 0.0240. The van der Waals surface area contributed by atoms with E-state index in [2.05, 4.69) is 35.6 Å². The van der Waals surface area contributed by atoms with Crippen molar-refractivity contribution >= 4 is 28.9 Å². The van der Waals surface area contributed by atoms with Gasteiger partial charge in [0.2, 0.25) is 11.8 Å². The molecule has 0 radical (unpaired) electrons. The zero-order valence-electron chi connectivity index (χ0n) is 20.4. The monoisotopic (exact) mass is 451 g/mol. The van der Waals surface area contributed by atoms with Crippen LogP contribution in [0.1, 0.15) is 38.8 Å². The van der Waals surface area contributed by atoms with Crippen molar-refractivity contribution in [1.82, 2.24) is 15.3 Å². The Morgan fingerprint density at radius 1 is 0.879 bits per heavy atom. The molecule has 0 spiro atoms. The number of para-hydroxylation sites is 1. The number of likely N-dealkylation sites (N-methyl/N-ethyl adjacent to an activating group) is 1. The van der Waals surface area contributed by atoms with Gasteiger partial charge in [0.05, 0.1) is 24.5 Å². The third kappa shape index (κ3) is 6.19. The summed E-state index contributed by atoms with van der Waals surface area (Å²) in [4.78, 5) is 30.0. The summed E-state index contributed by atoms with van der Waals surface area (Å²) in [6.07, 6.45) is 1.71. The van der Waals surface area contributed by atoms with Crippen LogP contribution in [0.25, 0.3) is 0 Å². The molecule has 0 aromatic heterocycles. The highest BCUT2D eigenvalue weighted by molar-refractivity contribution is 6.04. The molecule has 0 saturated carbocycles. The van der Waals surface area contributed by atoms with Crippen LogP contribution in [0.15, 0.2) is 42.5 Å². The molecule has 2 N–H and O–H groups in total. The zero-order valence-corrected chi connectivity index (χ0v) is 20.4. The number of hydrogen-bond donors (Lipinski definition) is 2. The Labute approximate surface area is 197 Å². The number of amides is 2. The molecule has 0 bridgehead atoms. The molecule has 1 heterocycles. The topological polar surface area (TPSA) is 67.9 Å². The van der Waals surface area contributed by atoms with Crippen molar-refractivity contribution in [2.75, 3.05) is 49.5 Å². The summed E-state index contributed by atoms with van der Waals surface area (Å²) in [7, 11) is 0. The van der Waals surface area contributed by atoms with Gasteiger partial charge < -0.3 is 5.32 Å². The van der Waals surface area contributed by atoms with E-state index in [1.54, 1.807) is 0 Å². The maximum atomic E-state index is 13.5. The molecule has 178 valence electrons. The molecule has 2 aromatic rings. The Kier molecular flexibility index (Phi) is 9.00. The average Bonchev–Trinajstić information content (AvgIpc) is 2.99. The molecule has 2 amide bonds. The molecule has 1 aliphatic rings. The Morgan fingerprint density at radius 2 is 1.55 bits per heavy atom. The molecule has 7 nitrogen and oxygen atoms in total. The Hall–Kier alpha value is -2.74. The van der Waals surface area contributed by atoms with Gasteiger partial charge in [-0.05, 0) is 55.3 Å². The van der Waals surface area contributed by atoms with E-state index in [9.17, 15) is 9.59 Å². The largest absolute Gasteiger partial charge is 0.325 e. The van der Waals surface area contributed by atoms with Crippen LogP contribution in [-0.2, 0) is 22.4 Å². The van der Waals surface area contributed by atoms with Crippen molar-refractivity contribution < 1.29 is 9.59 Å². The fraction of sp³-hybridized carbons (Fsp3) is 0.462. The number of nitrogens with one attached hydrogen (secondary N) is 2. The van der Waals surface area contributed by atoms with Crippen LogP contribution in [0.2, 0.25) is 0 Å². The number of benzene rings is 2. The summed E-state index contributed by atoms with van der Waals surface area (Å²) in [5.41, 5.74) is 7.96. The number of rotatable bonds is 10. The molecular weight excluding hydrogens is 414 g/mol. The second-order valence-corrected chi connectivity index (χ2v) is 8.22. The summed E-state index contributed by atoms with van der Waals surface area (Å²) in [5.74, 6) is -0.0714. The van der Waals surface area contributed by atoms with Gasteiger partial charge in [-0.25, -0.2) is 10.4 Å². The lowest BCUT2D eigenvalue weighted by Crippen LogP contribution is -2.44. The van der Waals surface area contributed by atoms with Gasteiger partial charge in [-0.3, -0.25) is 19.4 Å². The molecule has 2 aromatic carbocycles. The molecule has 0 aliphatic carbocycles. The van der Waals surface area contributed by atoms with E-state index in [-0.39, 0.29) is 18.4 Å². The lowest BCUT2D eigenvalue weighted by molar-refractivity contribution is -0.118. The highest BCUT2D eigenvalue weighted by Gasteiger charge is 2.26. The fourth-order valence-electron chi connectivity index (χ4n) is 4.23. The first-order valence-corrected chi connectivity index (χ1v) is 12.0. The van der Waals surface area contributed by atoms with E-state index in [1.807, 2.05) is 60.2 Å². The molecular formula is C26H37N5O2. The Balaban J connectivity index is 1.91. The quantitative estimate of drug-likeness (QED) is 0.541. The van der Waals surface area contributed by atoms with E-state index < -0.39 is 0 Å². The van der Waals surface area contributed by atoms with Crippen molar-refractivity contribution in [3.63, 3.8) is 0 Å². The summed E-state index contributed by atoms with van der Waals surface area (Å²) in [5, 5.41) is 5.04. The second kappa shape index (κ2) is 11.9. The summed E-state index contributed by atoms with van der Waals surface area (Å²) in [6, 6.07) is 14.0. The van der Waals surface area contributed by atoms with E-state index in [0.29, 0.717) is 12.2 Å². The van der Waals surface area contributed by atoms with Crippen molar-refractivity contribution in [2.24, 2.45) is 0 Å². The van der Waals surface area contributed by atoms with Gasteiger partial charge in [-0.1, -0.05) is 52.0 Å². The van der Waals surface area contributed by atoms with E-state index in [0.717, 1.165) is 61.5 Å². The minimum Gasteiger partial charge on any atom is -0.325 e. The van der Waals surface area contributed by atoms with Crippen molar-refractivity contribution in [1.29, 1.82) is 0 Å². The number of hydrazine groups is 1. The van der Waals surface area contributed by atoms with Crippen LogP contribution < -0.4 is 15.6 Å². The van der Waals surface area contributed by atoms with Crippen LogP contribution in [0.5, 0.6) is 0 Å². The molecule has 3 rings (SSSR count). The van der Waals surface area contributed by atoms with Crippen LogP contribution in [-0.4, -0.2) is 61.0 Å². The highest BCUT2D eigenvalue weighted by Crippen LogP contribution is 2.37. The smallest absolute Gasteiger partial charge is 0.246 e. The zero-order chi connectivity index (χ0) is 23.8. The van der Waals surface area contributed by atoms with Crippen molar-refractivity contribution in [2.45, 2.75) is 40.5 Å². The minimum atomic E-state index is -0.0475. The second-order valence-electron chi connectivity index (χ2n) is 8.22. The standard InChI is InChI=1S/C26H37N5O2/c1-5-29(6-2)19-25(32)28-22-16-15-21-14-13-20-11-9-10-12-23(20)31(24(21)17-22)26(33)18-27-30(7-3)8-4/h9-12,15-17,27H,5-8,13-14,18-19H2,1-4H3,(H,28,32). The van der Waals surface area contributed by atoms with Crippen molar-refractivity contribution in [3.8, 4) is 0 Å². The Morgan fingerprint density at radius 3 is 2.21 bits per heavy atom. The van der Waals surface area contributed by atoms with Gasteiger partial charge in [0.15, 0.2) is 0 Å². The van der Waals surface area contributed by atoms with Gasteiger partial charge in [0.1, 0.15) is 0 Å². The number of carbonyl (C=O) groups excluding carboxylic acids is 2. The maximum absolute atomic E-state index is 13.5. The molecule has 1 aliphatic heterocycles.